The van der Waals surface area contributed by atoms with E-state index < -0.39 is 0 Å². The van der Waals surface area contributed by atoms with E-state index in [9.17, 15) is 0 Å². The Morgan fingerprint density at radius 2 is 2.40 bits per heavy atom. The molecule has 0 amide bonds. The first kappa shape index (κ1) is 10.6. The van der Waals surface area contributed by atoms with Crippen molar-refractivity contribution in [1.82, 2.24) is 20.3 Å². The van der Waals surface area contributed by atoms with E-state index in [1.54, 1.807) is 13.3 Å². The Balaban J connectivity index is 1.50. The average Bonchev–Trinajstić information content (AvgIpc) is 2.67. The summed E-state index contributed by atoms with van der Waals surface area (Å²) >= 11 is 0. The first-order valence-electron chi connectivity index (χ1n) is 5.49. The number of methoxy groups -OCH3 is 1. The summed E-state index contributed by atoms with van der Waals surface area (Å²) in [4.78, 5) is 0. The van der Waals surface area contributed by atoms with Crippen LogP contribution in [0.15, 0.2) is 12.4 Å². The Labute approximate surface area is 89.8 Å². The fourth-order valence-corrected chi connectivity index (χ4v) is 1.82. The summed E-state index contributed by atoms with van der Waals surface area (Å²) in [6.45, 7) is 1.98. The summed E-state index contributed by atoms with van der Waals surface area (Å²) in [6.07, 6.45) is 7.49. The Kier molecular flexibility index (Phi) is 3.69. The summed E-state index contributed by atoms with van der Waals surface area (Å²) in [7, 11) is 1.78. The van der Waals surface area contributed by atoms with Crippen LogP contribution in [-0.4, -0.2) is 40.8 Å². The van der Waals surface area contributed by atoms with E-state index in [0.29, 0.717) is 12.1 Å². The molecule has 1 fully saturated rings. The molecule has 15 heavy (non-hydrogen) atoms. The van der Waals surface area contributed by atoms with Gasteiger partial charge in [-0.1, -0.05) is 5.21 Å². The number of rotatable bonds is 6. The van der Waals surface area contributed by atoms with Gasteiger partial charge in [-0.05, 0) is 25.8 Å². The molecule has 84 valence electrons. The van der Waals surface area contributed by atoms with Gasteiger partial charge in [0, 0.05) is 25.9 Å². The van der Waals surface area contributed by atoms with Crippen LogP contribution >= 0.6 is 0 Å². The third-order valence-electron chi connectivity index (χ3n) is 2.90. The lowest BCUT2D eigenvalue weighted by Crippen LogP contribution is -2.45. The van der Waals surface area contributed by atoms with Gasteiger partial charge in [-0.2, -0.15) is 0 Å². The van der Waals surface area contributed by atoms with Gasteiger partial charge in [0.25, 0.3) is 0 Å². The fourth-order valence-electron chi connectivity index (χ4n) is 1.82. The molecule has 1 saturated carbocycles. The Morgan fingerprint density at radius 1 is 1.53 bits per heavy atom. The van der Waals surface area contributed by atoms with Crippen molar-refractivity contribution in [3.05, 3.63) is 12.4 Å². The molecule has 0 bridgehead atoms. The molecule has 0 aliphatic heterocycles. The average molecular weight is 210 g/mol. The minimum absolute atomic E-state index is 0.484. The molecular formula is C10H18N4O. The van der Waals surface area contributed by atoms with Crippen molar-refractivity contribution in [3.63, 3.8) is 0 Å². The van der Waals surface area contributed by atoms with Gasteiger partial charge in [-0.3, -0.25) is 4.68 Å². The summed E-state index contributed by atoms with van der Waals surface area (Å²) in [5.41, 5.74) is 0. The molecule has 2 rings (SSSR count). The molecule has 1 aromatic heterocycles. The van der Waals surface area contributed by atoms with Crippen molar-refractivity contribution in [3.8, 4) is 0 Å². The maximum atomic E-state index is 5.22. The molecule has 0 spiro atoms. The molecule has 1 aromatic rings. The number of ether oxygens (including phenoxy) is 1. The molecule has 0 saturated heterocycles. The van der Waals surface area contributed by atoms with E-state index in [-0.39, 0.29) is 0 Å². The van der Waals surface area contributed by atoms with Crippen LogP contribution < -0.4 is 5.32 Å². The molecule has 0 unspecified atom stereocenters. The van der Waals surface area contributed by atoms with E-state index in [1.807, 2.05) is 10.9 Å². The number of hydrogen-bond donors (Lipinski definition) is 1. The van der Waals surface area contributed by atoms with E-state index >= 15 is 0 Å². The first-order valence-corrected chi connectivity index (χ1v) is 5.49. The van der Waals surface area contributed by atoms with Crippen LogP contribution in [0.2, 0.25) is 0 Å². The first-order chi connectivity index (χ1) is 7.38. The number of aryl methyl sites for hydroxylation is 1. The molecule has 5 heteroatoms. The highest BCUT2D eigenvalue weighted by Gasteiger charge is 2.27. The molecule has 1 aliphatic rings. The van der Waals surface area contributed by atoms with Gasteiger partial charge in [0.1, 0.15) is 0 Å². The van der Waals surface area contributed by atoms with Crippen LogP contribution in [0.4, 0.5) is 0 Å². The second kappa shape index (κ2) is 5.23. The summed E-state index contributed by atoms with van der Waals surface area (Å²) in [5, 5.41) is 11.2. The Morgan fingerprint density at radius 3 is 3.07 bits per heavy atom. The SMILES string of the molecule is COC1CC(NCCCn2ccnn2)C1. The van der Waals surface area contributed by atoms with Gasteiger partial charge in [0.05, 0.1) is 12.3 Å². The smallest absolute Gasteiger partial charge is 0.0692 e. The molecule has 1 heterocycles. The van der Waals surface area contributed by atoms with Crippen molar-refractivity contribution >= 4 is 0 Å². The fraction of sp³-hybridized carbons (Fsp3) is 0.800. The molecule has 1 N–H and O–H groups in total. The standard InChI is InChI=1S/C10H18N4O/c1-15-10-7-9(8-10)11-3-2-5-14-6-4-12-13-14/h4,6,9-11H,2-3,5,7-8H2,1H3. The van der Waals surface area contributed by atoms with Gasteiger partial charge in [0.15, 0.2) is 0 Å². The van der Waals surface area contributed by atoms with E-state index in [1.165, 1.54) is 0 Å². The maximum absolute atomic E-state index is 5.22. The van der Waals surface area contributed by atoms with Crippen LogP contribution in [0, 0.1) is 0 Å². The van der Waals surface area contributed by atoms with Crippen molar-refractivity contribution in [2.24, 2.45) is 0 Å². The third-order valence-corrected chi connectivity index (χ3v) is 2.90. The predicted octanol–water partition coefficient (Wildman–Crippen LogP) is 0.435. The van der Waals surface area contributed by atoms with Crippen molar-refractivity contribution in [2.75, 3.05) is 13.7 Å². The zero-order valence-corrected chi connectivity index (χ0v) is 9.09. The Hall–Kier alpha value is -0.940. The monoisotopic (exact) mass is 210 g/mol. The van der Waals surface area contributed by atoms with Crippen LogP contribution in [-0.2, 0) is 11.3 Å². The second-order valence-electron chi connectivity index (χ2n) is 4.00. The number of nitrogens with zero attached hydrogens (tertiary/aromatic N) is 3. The van der Waals surface area contributed by atoms with Crippen LogP contribution in [0.1, 0.15) is 19.3 Å². The number of aromatic nitrogens is 3. The largest absolute Gasteiger partial charge is 0.381 e. The lowest BCUT2D eigenvalue weighted by molar-refractivity contribution is 0.0174. The van der Waals surface area contributed by atoms with Crippen molar-refractivity contribution < 1.29 is 4.74 Å². The van der Waals surface area contributed by atoms with Gasteiger partial charge in [-0.25, -0.2) is 0 Å². The maximum Gasteiger partial charge on any atom is 0.0692 e. The van der Waals surface area contributed by atoms with Crippen molar-refractivity contribution in [2.45, 2.75) is 38.0 Å². The van der Waals surface area contributed by atoms with Crippen molar-refractivity contribution in [1.29, 1.82) is 0 Å². The molecule has 0 atom stereocenters. The van der Waals surface area contributed by atoms with Gasteiger partial charge in [-0.15, -0.1) is 5.10 Å². The summed E-state index contributed by atoms with van der Waals surface area (Å²) < 4.78 is 7.08. The van der Waals surface area contributed by atoms with Crippen LogP contribution in [0.25, 0.3) is 0 Å². The third kappa shape index (κ3) is 3.00. The zero-order valence-electron chi connectivity index (χ0n) is 9.09. The zero-order chi connectivity index (χ0) is 10.5. The summed E-state index contributed by atoms with van der Waals surface area (Å²) in [5.74, 6) is 0. The Bertz CT molecular complexity index is 269. The van der Waals surface area contributed by atoms with Gasteiger partial charge >= 0.3 is 0 Å². The van der Waals surface area contributed by atoms with Crippen LogP contribution in [0.3, 0.4) is 0 Å². The molecule has 0 radical (unpaired) electrons. The minimum atomic E-state index is 0.484. The molecule has 0 aromatic carbocycles. The highest BCUT2D eigenvalue weighted by molar-refractivity contribution is 4.85. The summed E-state index contributed by atoms with van der Waals surface area (Å²) in [6, 6.07) is 0.658. The van der Waals surface area contributed by atoms with Crippen LogP contribution in [0.5, 0.6) is 0 Å². The van der Waals surface area contributed by atoms with E-state index in [2.05, 4.69) is 15.6 Å². The lowest BCUT2D eigenvalue weighted by Gasteiger charge is -2.34. The normalized spacial score (nSPS) is 25.1. The number of hydrogen-bond acceptors (Lipinski definition) is 4. The lowest BCUT2D eigenvalue weighted by atomic mass is 9.89. The topological polar surface area (TPSA) is 52.0 Å². The van der Waals surface area contributed by atoms with E-state index in [0.717, 1.165) is 32.4 Å². The molecule has 1 aliphatic carbocycles. The minimum Gasteiger partial charge on any atom is -0.381 e. The number of nitrogens with one attached hydrogen (secondary N) is 1. The van der Waals surface area contributed by atoms with Gasteiger partial charge in [0.2, 0.25) is 0 Å². The predicted molar refractivity (Wildman–Crippen MR) is 56.5 cm³/mol. The molecular weight excluding hydrogens is 192 g/mol. The second-order valence-corrected chi connectivity index (χ2v) is 4.00. The van der Waals surface area contributed by atoms with Gasteiger partial charge < -0.3 is 10.1 Å². The van der Waals surface area contributed by atoms with E-state index in [4.69, 9.17) is 4.74 Å². The highest BCUT2D eigenvalue weighted by atomic mass is 16.5. The quantitative estimate of drug-likeness (QED) is 0.692. The molecule has 5 nitrogen and oxygen atoms in total. The highest BCUT2D eigenvalue weighted by Crippen LogP contribution is 2.22.